The molecule has 0 amide bonds. The molecule has 0 aliphatic carbocycles. The molecule has 0 unspecified atom stereocenters. The van der Waals surface area contributed by atoms with E-state index in [0.717, 1.165) is 6.26 Å². The van der Waals surface area contributed by atoms with Crippen molar-refractivity contribution in [2.45, 2.75) is 5.16 Å². The maximum Gasteiger partial charge on any atom is 0.247 e. The smallest absolute Gasteiger partial charge is 0.247 e. The van der Waals surface area contributed by atoms with Crippen LogP contribution in [-0.2, 0) is 9.84 Å². The number of nitrogens with zero attached hydrogens (tertiary/aromatic N) is 5. The number of imidazole rings is 1. The minimum absolute atomic E-state index is 0.200. The Hall–Kier alpha value is -2.35. The molecule has 0 spiro atoms. The SMILES string of the molecule is CS(=O)(=O)c1nccc(-c2cnc3cnccn23)n1. The second-order valence-electron chi connectivity index (χ2n) is 3.94. The molecule has 7 nitrogen and oxygen atoms in total. The molecule has 0 aliphatic heterocycles. The molecular formula is C11H9N5O2S. The summed E-state index contributed by atoms with van der Waals surface area (Å²) in [6.45, 7) is 0. The summed E-state index contributed by atoms with van der Waals surface area (Å²) >= 11 is 0. The van der Waals surface area contributed by atoms with Crippen molar-refractivity contribution in [2.24, 2.45) is 0 Å². The minimum atomic E-state index is -3.43. The van der Waals surface area contributed by atoms with Crippen LogP contribution in [-0.4, -0.2) is 39.0 Å². The second kappa shape index (κ2) is 4.09. The summed E-state index contributed by atoms with van der Waals surface area (Å²) in [6.07, 6.45) is 9.08. The van der Waals surface area contributed by atoms with Crippen molar-refractivity contribution < 1.29 is 8.42 Å². The summed E-state index contributed by atoms with van der Waals surface area (Å²) < 4.78 is 24.7. The first-order chi connectivity index (χ1) is 9.05. The Morgan fingerprint density at radius 1 is 1.16 bits per heavy atom. The first kappa shape index (κ1) is 11.7. The van der Waals surface area contributed by atoms with Crippen LogP contribution in [0.3, 0.4) is 0 Å². The molecule has 96 valence electrons. The lowest BCUT2D eigenvalue weighted by atomic mass is 10.3. The molecule has 0 N–H and O–H groups in total. The van der Waals surface area contributed by atoms with Gasteiger partial charge < -0.3 is 0 Å². The summed E-state index contributed by atoms with van der Waals surface area (Å²) in [4.78, 5) is 16.0. The number of aromatic nitrogens is 5. The summed E-state index contributed by atoms with van der Waals surface area (Å²) in [5.41, 5.74) is 1.84. The van der Waals surface area contributed by atoms with Crippen LogP contribution in [0.15, 0.2) is 42.2 Å². The molecule has 0 aromatic carbocycles. The maximum absolute atomic E-state index is 11.5. The molecule has 3 aromatic heterocycles. The number of rotatable bonds is 2. The predicted octanol–water partition coefficient (Wildman–Crippen LogP) is 0.590. The van der Waals surface area contributed by atoms with E-state index in [2.05, 4.69) is 19.9 Å². The van der Waals surface area contributed by atoms with E-state index in [1.165, 1.54) is 6.20 Å². The highest BCUT2D eigenvalue weighted by molar-refractivity contribution is 7.90. The Labute approximate surface area is 108 Å². The lowest BCUT2D eigenvalue weighted by Crippen LogP contribution is -2.04. The van der Waals surface area contributed by atoms with Gasteiger partial charge in [0.1, 0.15) is 0 Å². The Kier molecular flexibility index (Phi) is 2.53. The van der Waals surface area contributed by atoms with Gasteiger partial charge in [0, 0.05) is 24.8 Å². The van der Waals surface area contributed by atoms with Crippen molar-refractivity contribution in [1.29, 1.82) is 0 Å². The molecule has 3 rings (SSSR count). The van der Waals surface area contributed by atoms with Crippen LogP contribution < -0.4 is 0 Å². The van der Waals surface area contributed by atoms with Crippen molar-refractivity contribution in [3.8, 4) is 11.4 Å². The van der Waals surface area contributed by atoms with E-state index >= 15 is 0 Å². The number of hydrogen-bond acceptors (Lipinski definition) is 6. The monoisotopic (exact) mass is 275 g/mol. The van der Waals surface area contributed by atoms with Gasteiger partial charge in [-0.15, -0.1) is 0 Å². The van der Waals surface area contributed by atoms with Crippen LogP contribution in [0.4, 0.5) is 0 Å². The van der Waals surface area contributed by atoms with Gasteiger partial charge in [-0.1, -0.05) is 0 Å². The van der Waals surface area contributed by atoms with Gasteiger partial charge in [0.15, 0.2) is 5.65 Å². The largest absolute Gasteiger partial charge is 0.295 e. The van der Waals surface area contributed by atoms with Crippen molar-refractivity contribution in [2.75, 3.05) is 6.26 Å². The van der Waals surface area contributed by atoms with Crippen LogP contribution in [0, 0.1) is 0 Å². The van der Waals surface area contributed by atoms with Crippen molar-refractivity contribution in [3.63, 3.8) is 0 Å². The maximum atomic E-state index is 11.5. The van der Waals surface area contributed by atoms with Gasteiger partial charge in [-0.2, -0.15) is 0 Å². The Bertz CT molecular complexity index is 856. The molecule has 0 saturated carbocycles. The summed E-state index contributed by atoms with van der Waals surface area (Å²) in [7, 11) is -3.43. The minimum Gasteiger partial charge on any atom is -0.295 e. The highest BCUT2D eigenvalue weighted by atomic mass is 32.2. The third-order valence-corrected chi connectivity index (χ3v) is 3.40. The zero-order chi connectivity index (χ0) is 13.5. The second-order valence-corrected chi connectivity index (χ2v) is 5.85. The van der Waals surface area contributed by atoms with Crippen LogP contribution in [0.2, 0.25) is 0 Å². The van der Waals surface area contributed by atoms with E-state index in [9.17, 15) is 8.42 Å². The highest BCUT2D eigenvalue weighted by Gasteiger charge is 2.14. The van der Waals surface area contributed by atoms with Crippen LogP contribution in [0.1, 0.15) is 0 Å². The molecule has 0 fully saturated rings. The zero-order valence-electron chi connectivity index (χ0n) is 9.92. The zero-order valence-corrected chi connectivity index (χ0v) is 10.7. The normalized spacial score (nSPS) is 11.8. The van der Waals surface area contributed by atoms with Crippen LogP contribution in [0.25, 0.3) is 17.0 Å². The molecule has 8 heteroatoms. The van der Waals surface area contributed by atoms with Gasteiger partial charge in [0.2, 0.25) is 15.0 Å². The molecule has 3 heterocycles. The molecule has 0 atom stereocenters. The third-order valence-electron chi connectivity index (χ3n) is 2.54. The van der Waals surface area contributed by atoms with Crippen LogP contribution >= 0.6 is 0 Å². The van der Waals surface area contributed by atoms with Crippen molar-refractivity contribution in [1.82, 2.24) is 24.3 Å². The van der Waals surface area contributed by atoms with Gasteiger partial charge in [-0.25, -0.2) is 23.4 Å². The summed E-state index contributed by atoms with van der Waals surface area (Å²) in [5.74, 6) is 0. The summed E-state index contributed by atoms with van der Waals surface area (Å²) in [6, 6.07) is 1.64. The quantitative estimate of drug-likeness (QED) is 0.636. The van der Waals surface area contributed by atoms with E-state index in [1.807, 2.05) is 0 Å². The Morgan fingerprint density at radius 3 is 2.79 bits per heavy atom. The van der Waals surface area contributed by atoms with E-state index in [0.29, 0.717) is 17.0 Å². The van der Waals surface area contributed by atoms with Gasteiger partial charge in [-0.05, 0) is 6.07 Å². The molecule has 3 aromatic rings. The molecule has 0 aliphatic rings. The lowest BCUT2D eigenvalue weighted by Gasteiger charge is -2.02. The molecule has 19 heavy (non-hydrogen) atoms. The average molecular weight is 275 g/mol. The fraction of sp³-hybridized carbons (Fsp3) is 0.0909. The average Bonchev–Trinajstić information content (AvgIpc) is 2.82. The predicted molar refractivity (Wildman–Crippen MR) is 67.1 cm³/mol. The molecular weight excluding hydrogens is 266 g/mol. The first-order valence-corrected chi connectivity index (χ1v) is 7.25. The van der Waals surface area contributed by atoms with Crippen molar-refractivity contribution >= 4 is 15.5 Å². The number of sulfone groups is 1. The van der Waals surface area contributed by atoms with E-state index in [-0.39, 0.29) is 5.16 Å². The summed E-state index contributed by atoms with van der Waals surface area (Å²) in [5, 5.41) is -0.200. The number of fused-ring (bicyclic) bond motifs is 1. The van der Waals surface area contributed by atoms with Gasteiger partial charge in [0.25, 0.3) is 0 Å². The standard InChI is InChI=1S/C11H9N5O2S/c1-19(17,18)11-13-3-2-8(15-11)9-6-14-10-7-12-4-5-16(9)10/h2-7H,1H3. The van der Waals surface area contributed by atoms with E-state index < -0.39 is 9.84 Å². The van der Waals surface area contributed by atoms with E-state index in [4.69, 9.17) is 0 Å². The van der Waals surface area contributed by atoms with Crippen molar-refractivity contribution in [3.05, 3.63) is 37.1 Å². The number of hydrogen-bond donors (Lipinski definition) is 0. The highest BCUT2D eigenvalue weighted by Crippen LogP contribution is 2.18. The Morgan fingerprint density at radius 2 is 2.00 bits per heavy atom. The third kappa shape index (κ3) is 2.06. The fourth-order valence-electron chi connectivity index (χ4n) is 1.69. The van der Waals surface area contributed by atoms with Gasteiger partial charge >= 0.3 is 0 Å². The van der Waals surface area contributed by atoms with Crippen LogP contribution in [0.5, 0.6) is 0 Å². The topological polar surface area (TPSA) is 90.1 Å². The van der Waals surface area contributed by atoms with Gasteiger partial charge in [-0.3, -0.25) is 9.38 Å². The van der Waals surface area contributed by atoms with Gasteiger partial charge in [0.05, 0.1) is 23.8 Å². The first-order valence-electron chi connectivity index (χ1n) is 5.36. The lowest BCUT2D eigenvalue weighted by molar-refractivity contribution is 0.593. The Balaban J connectivity index is 2.22. The fourth-order valence-corrected chi connectivity index (χ4v) is 2.21. The molecule has 0 saturated heterocycles. The van der Waals surface area contributed by atoms with E-state index in [1.54, 1.807) is 35.3 Å². The molecule has 0 radical (unpaired) electrons. The molecule has 0 bridgehead atoms.